The Balaban J connectivity index is 1.40. The zero-order valence-corrected chi connectivity index (χ0v) is 19.5. The van der Waals surface area contributed by atoms with Crippen molar-refractivity contribution in [3.05, 3.63) is 52.6 Å². The van der Waals surface area contributed by atoms with Gasteiger partial charge < -0.3 is 8.92 Å². The molecule has 34 heavy (non-hydrogen) atoms. The molecule has 5 aliphatic rings. The standard InChI is InChI=1S/C25H25F3O5S/c1-23-11-10-21-19-8-4-15-12-16(29)5-9-18(15)22(19)20(13-24(21,23)33-23)14-2-6-17(7-3-14)32-34(30,31)25(26,27)28/h2-3,6-7,12,19-21H,4-5,8-11,13H2,1H3/t19-,20+,21-,23-,24+/m0/s1. The number of allylic oxidation sites excluding steroid dienone is 4. The van der Waals surface area contributed by atoms with Gasteiger partial charge in [0.15, 0.2) is 5.78 Å². The Labute approximate surface area is 196 Å². The molecule has 4 aliphatic carbocycles. The van der Waals surface area contributed by atoms with Crippen molar-refractivity contribution in [2.45, 2.75) is 74.5 Å². The van der Waals surface area contributed by atoms with Gasteiger partial charge in [-0.15, -0.1) is 0 Å². The molecule has 6 rings (SSSR count). The van der Waals surface area contributed by atoms with Crippen molar-refractivity contribution in [1.29, 1.82) is 0 Å². The predicted octanol–water partition coefficient (Wildman–Crippen LogP) is 5.34. The fourth-order valence-corrected chi connectivity index (χ4v) is 7.70. The van der Waals surface area contributed by atoms with Gasteiger partial charge in [-0.2, -0.15) is 21.6 Å². The third-order valence-corrected chi connectivity index (χ3v) is 9.73. The van der Waals surface area contributed by atoms with Crippen LogP contribution in [-0.4, -0.2) is 30.9 Å². The zero-order chi connectivity index (χ0) is 24.1. The molecule has 0 unspecified atom stereocenters. The van der Waals surface area contributed by atoms with Crippen LogP contribution in [0, 0.1) is 11.8 Å². The van der Waals surface area contributed by atoms with E-state index in [1.165, 1.54) is 23.3 Å². The van der Waals surface area contributed by atoms with Gasteiger partial charge in [0.2, 0.25) is 0 Å². The van der Waals surface area contributed by atoms with Gasteiger partial charge in [-0.3, -0.25) is 4.79 Å². The topological polar surface area (TPSA) is 73.0 Å². The number of halogens is 3. The first-order valence-electron chi connectivity index (χ1n) is 11.7. The van der Waals surface area contributed by atoms with Gasteiger partial charge in [0.05, 0.1) is 5.60 Å². The van der Waals surface area contributed by atoms with Crippen LogP contribution in [0.5, 0.6) is 5.75 Å². The molecule has 0 N–H and O–H groups in total. The molecule has 1 aliphatic heterocycles. The van der Waals surface area contributed by atoms with E-state index in [-0.39, 0.29) is 28.7 Å². The molecule has 0 bridgehead atoms. The Kier molecular flexibility index (Phi) is 4.58. The van der Waals surface area contributed by atoms with Crippen molar-refractivity contribution < 1.29 is 35.3 Å². The number of carbonyl (C=O) groups excluding carboxylic acids is 1. The smallest absolute Gasteiger partial charge is 0.376 e. The number of carbonyl (C=O) groups is 1. The highest BCUT2D eigenvalue weighted by molar-refractivity contribution is 7.88. The summed E-state index contributed by atoms with van der Waals surface area (Å²) in [5, 5.41) is 0. The Morgan fingerprint density at radius 1 is 1.09 bits per heavy atom. The minimum atomic E-state index is -5.72. The van der Waals surface area contributed by atoms with Crippen molar-refractivity contribution in [2.75, 3.05) is 0 Å². The molecule has 0 amide bonds. The monoisotopic (exact) mass is 494 g/mol. The van der Waals surface area contributed by atoms with Crippen molar-refractivity contribution in [3.63, 3.8) is 0 Å². The fraction of sp³-hybridized carbons (Fsp3) is 0.560. The summed E-state index contributed by atoms with van der Waals surface area (Å²) in [4.78, 5) is 12.1. The summed E-state index contributed by atoms with van der Waals surface area (Å²) in [5.41, 5.74) is -1.16. The third-order valence-electron chi connectivity index (χ3n) is 8.75. The predicted molar refractivity (Wildman–Crippen MR) is 116 cm³/mol. The quantitative estimate of drug-likeness (QED) is 0.322. The third kappa shape index (κ3) is 3.08. The van der Waals surface area contributed by atoms with E-state index in [2.05, 4.69) is 11.1 Å². The minimum Gasteiger partial charge on any atom is -0.376 e. The first-order chi connectivity index (χ1) is 15.9. The molecule has 0 radical (unpaired) electrons. The van der Waals surface area contributed by atoms with Gasteiger partial charge >= 0.3 is 15.6 Å². The van der Waals surface area contributed by atoms with Crippen LogP contribution in [0.15, 0.2) is 47.1 Å². The largest absolute Gasteiger partial charge is 0.534 e. The molecule has 9 heteroatoms. The minimum absolute atomic E-state index is 0.00125. The maximum atomic E-state index is 12.7. The summed E-state index contributed by atoms with van der Waals surface area (Å²) in [6.45, 7) is 2.18. The van der Waals surface area contributed by atoms with E-state index in [0.717, 1.165) is 49.7 Å². The van der Waals surface area contributed by atoms with Crippen LogP contribution in [0.2, 0.25) is 0 Å². The number of hydrogen-bond donors (Lipinski definition) is 0. The Morgan fingerprint density at radius 3 is 2.50 bits per heavy atom. The van der Waals surface area contributed by atoms with Crippen molar-refractivity contribution in [3.8, 4) is 5.75 Å². The number of benzene rings is 1. The van der Waals surface area contributed by atoms with Gasteiger partial charge in [0.25, 0.3) is 0 Å². The van der Waals surface area contributed by atoms with E-state index in [0.29, 0.717) is 18.3 Å². The van der Waals surface area contributed by atoms with E-state index in [9.17, 15) is 26.4 Å². The summed E-state index contributed by atoms with van der Waals surface area (Å²) < 4.78 is 71.6. The maximum absolute atomic E-state index is 12.7. The van der Waals surface area contributed by atoms with Crippen LogP contribution in [0.1, 0.15) is 63.4 Å². The van der Waals surface area contributed by atoms with Gasteiger partial charge in [-0.05, 0) is 92.2 Å². The van der Waals surface area contributed by atoms with Crippen molar-refractivity contribution >= 4 is 15.9 Å². The Hall–Kier alpha value is -2.13. The number of ether oxygens (including phenoxy) is 1. The number of rotatable bonds is 3. The lowest BCUT2D eigenvalue weighted by molar-refractivity contribution is -0.114. The number of ketones is 1. The molecule has 1 heterocycles. The molecular weight excluding hydrogens is 469 g/mol. The number of fused-ring (bicyclic) bond motifs is 3. The van der Waals surface area contributed by atoms with Crippen LogP contribution in [0.25, 0.3) is 0 Å². The van der Waals surface area contributed by atoms with Crippen LogP contribution < -0.4 is 4.18 Å². The first-order valence-corrected chi connectivity index (χ1v) is 13.1. The zero-order valence-electron chi connectivity index (χ0n) is 18.7. The van der Waals surface area contributed by atoms with Gasteiger partial charge in [0.1, 0.15) is 11.4 Å². The summed E-state index contributed by atoms with van der Waals surface area (Å²) in [7, 11) is -5.72. The average molecular weight is 495 g/mol. The number of hydrogen-bond acceptors (Lipinski definition) is 5. The molecule has 3 fully saturated rings. The Bertz CT molecular complexity index is 1250. The molecular formula is C25H25F3O5S. The summed E-state index contributed by atoms with van der Waals surface area (Å²) in [5.74, 6) is 0.581. The fourth-order valence-electron chi connectivity index (χ4n) is 7.24. The van der Waals surface area contributed by atoms with Gasteiger partial charge in [0, 0.05) is 12.3 Å². The van der Waals surface area contributed by atoms with Crippen LogP contribution in [0.4, 0.5) is 13.2 Å². The summed E-state index contributed by atoms with van der Waals surface area (Å²) >= 11 is 0. The molecule has 5 nitrogen and oxygen atoms in total. The lowest BCUT2D eigenvalue weighted by Gasteiger charge is -2.46. The molecule has 5 atom stereocenters. The normalized spacial score (nSPS) is 36.8. The highest BCUT2D eigenvalue weighted by Gasteiger charge is 2.77. The molecule has 182 valence electrons. The number of epoxide rings is 1. The Morgan fingerprint density at radius 2 is 1.82 bits per heavy atom. The van der Waals surface area contributed by atoms with Crippen LogP contribution >= 0.6 is 0 Å². The molecule has 1 spiro atoms. The van der Waals surface area contributed by atoms with E-state index in [1.807, 2.05) is 0 Å². The van der Waals surface area contributed by atoms with E-state index in [1.54, 1.807) is 18.2 Å². The second-order valence-corrected chi connectivity index (χ2v) is 11.9. The van der Waals surface area contributed by atoms with E-state index < -0.39 is 15.6 Å². The highest BCUT2D eigenvalue weighted by Crippen LogP contribution is 2.73. The summed E-state index contributed by atoms with van der Waals surface area (Å²) in [6, 6.07) is 5.89. The van der Waals surface area contributed by atoms with Gasteiger partial charge in [-0.25, -0.2) is 0 Å². The maximum Gasteiger partial charge on any atom is 0.534 e. The summed E-state index contributed by atoms with van der Waals surface area (Å²) in [6.07, 6.45) is 7.76. The molecule has 1 aromatic carbocycles. The molecule has 1 aromatic rings. The lowest BCUT2D eigenvalue weighted by Crippen LogP contribution is -2.42. The second-order valence-electron chi connectivity index (χ2n) is 10.4. The molecule has 2 saturated carbocycles. The van der Waals surface area contributed by atoms with Gasteiger partial charge in [-0.1, -0.05) is 17.7 Å². The molecule has 1 saturated heterocycles. The van der Waals surface area contributed by atoms with Crippen LogP contribution in [0.3, 0.4) is 0 Å². The van der Waals surface area contributed by atoms with E-state index >= 15 is 0 Å². The van der Waals surface area contributed by atoms with Crippen LogP contribution in [-0.2, 0) is 19.6 Å². The van der Waals surface area contributed by atoms with Crippen molar-refractivity contribution in [1.82, 2.24) is 0 Å². The van der Waals surface area contributed by atoms with Crippen molar-refractivity contribution in [2.24, 2.45) is 11.8 Å². The average Bonchev–Trinajstić information content (AvgIpc) is 3.23. The van der Waals surface area contributed by atoms with E-state index in [4.69, 9.17) is 4.74 Å². The SMILES string of the molecule is C[C@]12CC[C@H]3[C@@H]4CCC5=CC(=O)CCC5=C4[C@@H](c4ccc(OS(=O)(=O)C(F)(F)F)cc4)C[C@@]31O2. The first kappa shape index (κ1) is 22.3. The highest BCUT2D eigenvalue weighted by atomic mass is 32.2. The lowest BCUT2D eigenvalue weighted by atomic mass is 9.57. The second kappa shape index (κ2) is 6.97. The molecule has 0 aromatic heterocycles. The number of alkyl halides is 3.